The van der Waals surface area contributed by atoms with E-state index in [0.717, 1.165) is 5.69 Å². The predicted molar refractivity (Wildman–Crippen MR) is 49.6 cm³/mol. The monoisotopic (exact) mass is 201 g/mol. The molecule has 0 atom stereocenters. The minimum absolute atomic E-state index is 0.144. The fourth-order valence-electron chi connectivity index (χ4n) is 1.14. The van der Waals surface area contributed by atoms with Crippen LogP contribution in [0, 0.1) is 5.82 Å². The molecule has 0 amide bonds. The van der Waals surface area contributed by atoms with Crippen LogP contribution in [0.5, 0.6) is 0 Å². The van der Waals surface area contributed by atoms with Crippen LogP contribution in [-0.4, -0.2) is 19.3 Å². The average molecular weight is 202 g/mol. The molecule has 1 fully saturated rings. The van der Waals surface area contributed by atoms with Gasteiger partial charge in [0, 0.05) is 5.69 Å². The molecule has 0 saturated carbocycles. The Bertz CT molecular complexity index is 314. The predicted octanol–water partition coefficient (Wildman–Crippen LogP) is 2.29. The molecule has 1 saturated heterocycles. The first-order chi connectivity index (χ1) is 6.25. The summed E-state index contributed by atoms with van der Waals surface area (Å²) in [4.78, 5) is 0. The molecule has 70 valence electrons. The van der Waals surface area contributed by atoms with Crippen molar-refractivity contribution in [3.63, 3.8) is 0 Å². The number of hydrogen-bond donors (Lipinski definition) is 1. The number of rotatable bonds is 2. The van der Waals surface area contributed by atoms with Gasteiger partial charge in [-0.15, -0.1) is 0 Å². The van der Waals surface area contributed by atoms with Crippen molar-refractivity contribution >= 4 is 17.3 Å². The molecule has 2 rings (SSSR count). The molecule has 0 aliphatic carbocycles. The number of halogens is 2. The molecule has 4 heteroatoms. The van der Waals surface area contributed by atoms with Gasteiger partial charge in [-0.1, -0.05) is 11.6 Å². The molecule has 1 aromatic rings. The van der Waals surface area contributed by atoms with Gasteiger partial charge in [-0.2, -0.15) is 0 Å². The van der Waals surface area contributed by atoms with Gasteiger partial charge in [0.25, 0.3) is 0 Å². The zero-order chi connectivity index (χ0) is 9.26. The summed E-state index contributed by atoms with van der Waals surface area (Å²) in [7, 11) is 0. The number of anilines is 1. The van der Waals surface area contributed by atoms with Crippen LogP contribution in [0.25, 0.3) is 0 Å². The molecule has 0 spiro atoms. The van der Waals surface area contributed by atoms with Crippen LogP contribution >= 0.6 is 11.6 Å². The highest BCUT2D eigenvalue weighted by molar-refractivity contribution is 6.31. The Morgan fingerprint density at radius 3 is 2.77 bits per heavy atom. The van der Waals surface area contributed by atoms with Crippen molar-refractivity contribution in [2.45, 2.75) is 6.04 Å². The summed E-state index contributed by atoms with van der Waals surface area (Å²) in [5.41, 5.74) is 0.833. The van der Waals surface area contributed by atoms with Crippen molar-refractivity contribution in [2.75, 3.05) is 18.5 Å². The highest BCUT2D eigenvalue weighted by Crippen LogP contribution is 2.20. The Morgan fingerprint density at radius 1 is 1.46 bits per heavy atom. The maximum atomic E-state index is 12.7. The van der Waals surface area contributed by atoms with Gasteiger partial charge >= 0.3 is 0 Å². The summed E-state index contributed by atoms with van der Waals surface area (Å²) >= 11 is 5.61. The van der Waals surface area contributed by atoms with Crippen LogP contribution in [0.4, 0.5) is 10.1 Å². The van der Waals surface area contributed by atoms with Crippen molar-refractivity contribution in [3.05, 3.63) is 29.0 Å². The van der Waals surface area contributed by atoms with E-state index in [1.54, 1.807) is 12.1 Å². The summed E-state index contributed by atoms with van der Waals surface area (Å²) in [6, 6.07) is 4.93. The molecule has 1 aliphatic rings. The van der Waals surface area contributed by atoms with Crippen LogP contribution in [0.3, 0.4) is 0 Å². The zero-order valence-corrected chi connectivity index (χ0v) is 7.64. The summed E-state index contributed by atoms with van der Waals surface area (Å²) < 4.78 is 17.7. The lowest BCUT2D eigenvalue weighted by Crippen LogP contribution is -2.40. The van der Waals surface area contributed by atoms with E-state index in [9.17, 15) is 4.39 Å². The number of benzene rings is 1. The second-order valence-electron chi connectivity index (χ2n) is 3.01. The first-order valence-corrected chi connectivity index (χ1v) is 4.43. The van der Waals surface area contributed by atoms with Crippen LogP contribution in [0.15, 0.2) is 18.2 Å². The lowest BCUT2D eigenvalue weighted by atomic mass is 10.2. The molecule has 0 unspecified atom stereocenters. The van der Waals surface area contributed by atoms with E-state index in [1.807, 2.05) is 0 Å². The third kappa shape index (κ3) is 1.92. The van der Waals surface area contributed by atoms with Crippen LogP contribution in [-0.2, 0) is 4.74 Å². The molecular formula is C9H9ClFNO. The molecule has 0 radical (unpaired) electrons. The Balaban J connectivity index is 2.07. The quantitative estimate of drug-likeness (QED) is 0.793. The third-order valence-electron chi connectivity index (χ3n) is 1.93. The first-order valence-electron chi connectivity index (χ1n) is 4.05. The van der Waals surface area contributed by atoms with E-state index >= 15 is 0 Å². The van der Waals surface area contributed by atoms with Gasteiger partial charge in [0.1, 0.15) is 5.82 Å². The molecule has 1 aliphatic heterocycles. The van der Waals surface area contributed by atoms with E-state index in [-0.39, 0.29) is 5.02 Å². The normalized spacial score (nSPS) is 16.8. The average Bonchev–Trinajstić information content (AvgIpc) is 2.04. The van der Waals surface area contributed by atoms with Crippen LogP contribution in [0.2, 0.25) is 5.02 Å². The van der Waals surface area contributed by atoms with E-state index in [0.29, 0.717) is 19.3 Å². The number of hydrogen-bond acceptors (Lipinski definition) is 2. The van der Waals surface area contributed by atoms with Gasteiger partial charge in [0.2, 0.25) is 0 Å². The Labute approximate surface area is 80.7 Å². The fraction of sp³-hybridized carbons (Fsp3) is 0.333. The minimum Gasteiger partial charge on any atom is -0.378 e. The van der Waals surface area contributed by atoms with Crippen molar-refractivity contribution in [2.24, 2.45) is 0 Å². The van der Waals surface area contributed by atoms with Gasteiger partial charge in [-0.25, -0.2) is 4.39 Å². The molecule has 13 heavy (non-hydrogen) atoms. The van der Waals surface area contributed by atoms with Gasteiger partial charge in [-0.05, 0) is 18.2 Å². The topological polar surface area (TPSA) is 21.3 Å². The Hall–Kier alpha value is -0.800. The van der Waals surface area contributed by atoms with Crippen LogP contribution in [0.1, 0.15) is 0 Å². The number of ether oxygens (including phenoxy) is 1. The van der Waals surface area contributed by atoms with Crippen molar-refractivity contribution in [3.8, 4) is 0 Å². The highest BCUT2D eigenvalue weighted by atomic mass is 35.5. The SMILES string of the molecule is Fc1ccc(NC2COC2)cc1Cl. The van der Waals surface area contributed by atoms with Crippen molar-refractivity contribution in [1.29, 1.82) is 0 Å². The van der Waals surface area contributed by atoms with E-state index in [4.69, 9.17) is 16.3 Å². The second-order valence-corrected chi connectivity index (χ2v) is 3.41. The van der Waals surface area contributed by atoms with Crippen LogP contribution < -0.4 is 5.32 Å². The van der Waals surface area contributed by atoms with E-state index < -0.39 is 5.82 Å². The van der Waals surface area contributed by atoms with Crippen molar-refractivity contribution in [1.82, 2.24) is 0 Å². The molecule has 1 N–H and O–H groups in total. The summed E-state index contributed by atoms with van der Waals surface area (Å²) in [5.74, 6) is -0.392. The Kier molecular flexibility index (Phi) is 2.38. The third-order valence-corrected chi connectivity index (χ3v) is 2.22. The lowest BCUT2D eigenvalue weighted by Gasteiger charge is -2.27. The largest absolute Gasteiger partial charge is 0.378 e. The number of nitrogens with one attached hydrogen (secondary N) is 1. The highest BCUT2D eigenvalue weighted by Gasteiger charge is 2.17. The fourth-order valence-corrected chi connectivity index (χ4v) is 1.32. The smallest absolute Gasteiger partial charge is 0.141 e. The van der Waals surface area contributed by atoms with Crippen molar-refractivity contribution < 1.29 is 9.13 Å². The molecular weight excluding hydrogens is 193 g/mol. The van der Waals surface area contributed by atoms with Gasteiger partial charge in [-0.3, -0.25) is 0 Å². The maximum Gasteiger partial charge on any atom is 0.141 e. The lowest BCUT2D eigenvalue weighted by molar-refractivity contribution is 0.0211. The molecule has 2 nitrogen and oxygen atoms in total. The maximum absolute atomic E-state index is 12.7. The van der Waals surface area contributed by atoms with Gasteiger partial charge in [0.15, 0.2) is 0 Å². The standard InChI is InChI=1S/C9H9ClFNO/c10-8-3-6(1-2-9(8)11)12-7-4-13-5-7/h1-3,7,12H,4-5H2. The van der Waals surface area contributed by atoms with Gasteiger partial charge < -0.3 is 10.1 Å². The summed E-state index contributed by atoms with van der Waals surface area (Å²) in [5, 5.41) is 3.31. The van der Waals surface area contributed by atoms with Gasteiger partial charge in [0.05, 0.1) is 24.3 Å². The first kappa shape index (κ1) is 8.78. The van der Waals surface area contributed by atoms with E-state index in [1.165, 1.54) is 6.07 Å². The molecule has 1 heterocycles. The molecule has 0 aromatic heterocycles. The summed E-state index contributed by atoms with van der Waals surface area (Å²) in [6.45, 7) is 1.41. The Morgan fingerprint density at radius 2 is 2.23 bits per heavy atom. The molecule has 0 bridgehead atoms. The van der Waals surface area contributed by atoms with E-state index in [2.05, 4.69) is 5.32 Å². The molecule has 1 aromatic carbocycles. The zero-order valence-electron chi connectivity index (χ0n) is 6.89. The minimum atomic E-state index is -0.392. The second kappa shape index (κ2) is 3.52. The summed E-state index contributed by atoms with van der Waals surface area (Å²) in [6.07, 6.45) is 0.